The lowest BCUT2D eigenvalue weighted by molar-refractivity contribution is -0.384. The molecule has 0 N–H and O–H groups in total. The highest BCUT2D eigenvalue weighted by atomic mass is 32.2. The van der Waals surface area contributed by atoms with Crippen LogP contribution in [-0.4, -0.2) is 56.0 Å². The number of anilines is 1. The van der Waals surface area contributed by atoms with Gasteiger partial charge in [0.2, 0.25) is 10.0 Å². The molecule has 0 unspecified atom stereocenters. The zero-order valence-electron chi connectivity index (χ0n) is 14.4. The summed E-state index contributed by atoms with van der Waals surface area (Å²) in [5.41, 5.74) is 0.258. The lowest BCUT2D eigenvalue weighted by atomic mass is 10.2. The molecule has 0 aliphatic carbocycles. The van der Waals surface area contributed by atoms with Crippen molar-refractivity contribution >= 4 is 21.4 Å². The summed E-state index contributed by atoms with van der Waals surface area (Å²) < 4.78 is 32.4. The topological polar surface area (TPSA) is 93.0 Å². The first-order valence-electron chi connectivity index (χ1n) is 8.48. The largest absolute Gasteiger partial charge is 0.372 e. The molecule has 1 aromatic carbocycles. The van der Waals surface area contributed by atoms with Crippen LogP contribution in [0.1, 0.15) is 26.7 Å². The standard InChI is InChI=1S/C16H23N3O5S/c1-12-10-17(11-13(2)24-12)15-6-5-14(9-16(15)19(20)21)25(22,23)18-7-3-4-8-18/h5-6,9,12-13H,3-4,7-8,10-11H2,1-2H3/t12-,13-/m0/s1. The molecule has 3 rings (SSSR count). The number of sulfonamides is 1. The Kier molecular flexibility index (Phi) is 4.99. The molecular weight excluding hydrogens is 346 g/mol. The fourth-order valence-electron chi connectivity index (χ4n) is 3.53. The van der Waals surface area contributed by atoms with Crippen LogP contribution in [0.4, 0.5) is 11.4 Å². The van der Waals surface area contributed by atoms with Crippen LogP contribution in [0.2, 0.25) is 0 Å². The van der Waals surface area contributed by atoms with Crippen LogP contribution in [0.5, 0.6) is 0 Å². The molecule has 2 heterocycles. The van der Waals surface area contributed by atoms with E-state index < -0.39 is 14.9 Å². The highest BCUT2D eigenvalue weighted by molar-refractivity contribution is 7.89. The van der Waals surface area contributed by atoms with Crippen LogP contribution in [0.15, 0.2) is 23.1 Å². The Hall–Kier alpha value is -1.71. The van der Waals surface area contributed by atoms with E-state index in [0.29, 0.717) is 31.9 Å². The zero-order valence-corrected chi connectivity index (χ0v) is 15.2. The molecule has 0 spiro atoms. The first kappa shape index (κ1) is 18.1. The van der Waals surface area contributed by atoms with Crippen LogP contribution in [0, 0.1) is 10.1 Å². The van der Waals surface area contributed by atoms with Crippen LogP contribution in [0.25, 0.3) is 0 Å². The smallest absolute Gasteiger partial charge is 0.293 e. The van der Waals surface area contributed by atoms with Gasteiger partial charge in [0, 0.05) is 32.2 Å². The van der Waals surface area contributed by atoms with Crippen molar-refractivity contribution in [3.05, 3.63) is 28.3 Å². The lowest BCUT2D eigenvalue weighted by Crippen LogP contribution is -2.45. The molecule has 2 saturated heterocycles. The number of benzene rings is 1. The van der Waals surface area contributed by atoms with Gasteiger partial charge in [-0.1, -0.05) is 0 Å². The number of hydrogen-bond acceptors (Lipinski definition) is 6. The zero-order chi connectivity index (χ0) is 18.2. The van der Waals surface area contributed by atoms with Gasteiger partial charge in [0.15, 0.2) is 0 Å². The van der Waals surface area contributed by atoms with Crippen molar-refractivity contribution in [3.8, 4) is 0 Å². The predicted octanol–water partition coefficient (Wildman–Crippen LogP) is 1.99. The van der Waals surface area contributed by atoms with Crippen LogP contribution >= 0.6 is 0 Å². The second kappa shape index (κ2) is 6.89. The summed E-state index contributed by atoms with van der Waals surface area (Å²) in [6, 6.07) is 4.21. The van der Waals surface area contributed by atoms with E-state index in [9.17, 15) is 18.5 Å². The van der Waals surface area contributed by atoms with Gasteiger partial charge < -0.3 is 9.64 Å². The third-order valence-electron chi connectivity index (χ3n) is 4.61. The molecule has 0 radical (unpaired) electrons. The maximum atomic E-state index is 12.7. The maximum Gasteiger partial charge on any atom is 0.293 e. The monoisotopic (exact) mass is 369 g/mol. The quantitative estimate of drug-likeness (QED) is 0.595. The average Bonchev–Trinajstić information content (AvgIpc) is 3.08. The van der Waals surface area contributed by atoms with Gasteiger partial charge in [-0.25, -0.2) is 8.42 Å². The van der Waals surface area contributed by atoms with Crippen molar-refractivity contribution in [2.45, 2.75) is 43.8 Å². The van der Waals surface area contributed by atoms with Crippen molar-refractivity contribution in [2.75, 3.05) is 31.1 Å². The van der Waals surface area contributed by atoms with E-state index in [0.717, 1.165) is 12.8 Å². The normalized spacial score (nSPS) is 25.3. The molecule has 25 heavy (non-hydrogen) atoms. The molecule has 1 aromatic rings. The third kappa shape index (κ3) is 3.63. The van der Waals surface area contributed by atoms with E-state index in [2.05, 4.69) is 0 Å². The summed E-state index contributed by atoms with van der Waals surface area (Å²) in [4.78, 5) is 12.9. The number of hydrogen-bond donors (Lipinski definition) is 0. The summed E-state index contributed by atoms with van der Waals surface area (Å²) in [5.74, 6) is 0. The van der Waals surface area contributed by atoms with Crippen LogP contribution in [0.3, 0.4) is 0 Å². The number of morpholine rings is 1. The van der Waals surface area contributed by atoms with Crippen molar-refractivity contribution in [1.82, 2.24) is 4.31 Å². The minimum Gasteiger partial charge on any atom is -0.372 e. The number of nitrogens with zero attached hydrogens (tertiary/aromatic N) is 3. The molecule has 8 nitrogen and oxygen atoms in total. The Labute approximate surface area is 147 Å². The van der Waals surface area contributed by atoms with Gasteiger partial charge >= 0.3 is 0 Å². The van der Waals surface area contributed by atoms with Crippen molar-refractivity contribution in [3.63, 3.8) is 0 Å². The molecular formula is C16H23N3O5S. The Morgan fingerprint density at radius 1 is 1.16 bits per heavy atom. The Balaban J connectivity index is 1.97. The van der Waals surface area contributed by atoms with E-state index in [-0.39, 0.29) is 22.8 Å². The van der Waals surface area contributed by atoms with Gasteiger partial charge in [-0.2, -0.15) is 4.31 Å². The maximum absolute atomic E-state index is 12.7. The highest BCUT2D eigenvalue weighted by Gasteiger charge is 2.32. The highest BCUT2D eigenvalue weighted by Crippen LogP contribution is 2.34. The minimum atomic E-state index is -3.68. The first-order valence-corrected chi connectivity index (χ1v) is 9.92. The molecule has 2 fully saturated rings. The number of rotatable bonds is 4. The second-order valence-electron chi connectivity index (χ2n) is 6.68. The summed E-state index contributed by atoms with van der Waals surface area (Å²) in [7, 11) is -3.68. The molecule has 9 heteroatoms. The molecule has 0 saturated carbocycles. The summed E-state index contributed by atoms with van der Waals surface area (Å²) >= 11 is 0. The average molecular weight is 369 g/mol. The molecule has 0 aromatic heterocycles. The number of nitro benzene ring substituents is 1. The van der Waals surface area contributed by atoms with E-state index >= 15 is 0 Å². The summed E-state index contributed by atoms with van der Waals surface area (Å²) in [6.07, 6.45) is 1.55. The van der Waals surface area contributed by atoms with Gasteiger partial charge in [0.25, 0.3) is 5.69 Å². The lowest BCUT2D eigenvalue weighted by Gasteiger charge is -2.36. The Morgan fingerprint density at radius 3 is 2.32 bits per heavy atom. The molecule has 2 atom stereocenters. The van der Waals surface area contributed by atoms with Crippen molar-refractivity contribution in [1.29, 1.82) is 0 Å². The molecule has 2 aliphatic rings. The third-order valence-corrected chi connectivity index (χ3v) is 6.50. The molecule has 0 bridgehead atoms. The van der Waals surface area contributed by atoms with Gasteiger partial charge in [0.05, 0.1) is 22.0 Å². The van der Waals surface area contributed by atoms with Gasteiger partial charge in [-0.3, -0.25) is 10.1 Å². The molecule has 0 amide bonds. The summed E-state index contributed by atoms with van der Waals surface area (Å²) in [5, 5.41) is 11.6. The van der Waals surface area contributed by atoms with Crippen molar-refractivity contribution < 1.29 is 18.1 Å². The number of nitro groups is 1. The fourth-order valence-corrected chi connectivity index (χ4v) is 5.07. The van der Waals surface area contributed by atoms with E-state index in [1.54, 1.807) is 6.07 Å². The minimum absolute atomic E-state index is 0.0146. The second-order valence-corrected chi connectivity index (χ2v) is 8.62. The Morgan fingerprint density at radius 2 is 1.76 bits per heavy atom. The fraction of sp³-hybridized carbons (Fsp3) is 0.625. The molecule has 2 aliphatic heterocycles. The number of ether oxygens (including phenoxy) is 1. The SMILES string of the molecule is C[C@H]1CN(c2ccc(S(=O)(=O)N3CCCC3)cc2[N+](=O)[O-])C[C@H](C)O1. The van der Waals surface area contributed by atoms with Crippen LogP contribution < -0.4 is 4.90 Å². The van der Waals surface area contributed by atoms with E-state index in [4.69, 9.17) is 4.74 Å². The first-order chi connectivity index (χ1) is 11.8. The van der Waals surface area contributed by atoms with Crippen molar-refractivity contribution in [2.24, 2.45) is 0 Å². The van der Waals surface area contributed by atoms with E-state index in [1.807, 2.05) is 18.7 Å². The van der Waals surface area contributed by atoms with E-state index in [1.165, 1.54) is 16.4 Å². The predicted molar refractivity (Wildman–Crippen MR) is 93.3 cm³/mol. The van der Waals surface area contributed by atoms with Gasteiger partial charge in [0.1, 0.15) is 5.69 Å². The molecule has 138 valence electrons. The Bertz CT molecular complexity index is 751. The summed E-state index contributed by atoms with van der Waals surface area (Å²) in [6.45, 7) is 5.83. The van der Waals surface area contributed by atoms with Crippen LogP contribution in [-0.2, 0) is 14.8 Å². The van der Waals surface area contributed by atoms with Gasteiger partial charge in [-0.15, -0.1) is 0 Å². The van der Waals surface area contributed by atoms with Gasteiger partial charge in [-0.05, 0) is 38.8 Å².